The Hall–Kier alpha value is -2.05. The van der Waals surface area contributed by atoms with Crippen molar-refractivity contribution in [3.63, 3.8) is 0 Å². The number of rotatable bonds is 4. The van der Waals surface area contributed by atoms with Crippen molar-refractivity contribution in [2.75, 3.05) is 13.1 Å². The molecule has 0 bridgehead atoms. The third-order valence-corrected chi connectivity index (χ3v) is 6.75. The first-order chi connectivity index (χ1) is 13.7. The molecule has 5 nitrogen and oxygen atoms in total. The monoisotopic (exact) mass is 396 g/mol. The number of imidazole rings is 1. The minimum absolute atomic E-state index is 0.113. The molecule has 6 heteroatoms. The van der Waals surface area contributed by atoms with Gasteiger partial charge in [0, 0.05) is 35.9 Å². The van der Waals surface area contributed by atoms with Crippen molar-refractivity contribution < 1.29 is 5.11 Å². The minimum atomic E-state index is 0.113. The molecule has 3 aliphatic rings. The van der Waals surface area contributed by atoms with Crippen LogP contribution in [0.5, 0.6) is 0 Å². The first-order valence-corrected chi connectivity index (χ1v) is 11.0. The summed E-state index contributed by atoms with van der Waals surface area (Å²) in [6.07, 6.45) is 20.0. The molecule has 0 aromatic carbocycles. The van der Waals surface area contributed by atoms with E-state index >= 15 is 0 Å². The number of aliphatic hydroxyl groups excluding tert-OH is 1. The lowest BCUT2D eigenvalue weighted by Crippen LogP contribution is -2.29. The van der Waals surface area contributed by atoms with Gasteiger partial charge in [0.15, 0.2) is 0 Å². The Kier molecular flexibility index (Phi) is 6.17. The van der Waals surface area contributed by atoms with Crippen molar-refractivity contribution in [2.24, 2.45) is 10.9 Å². The van der Waals surface area contributed by atoms with Crippen LogP contribution >= 0.6 is 11.8 Å². The zero-order chi connectivity index (χ0) is 19.3. The van der Waals surface area contributed by atoms with Crippen LogP contribution < -0.4 is 5.32 Å². The summed E-state index contributed by atoms with van der Waals surface area (Å²) < 4.78 is 2.02. The fourth-order valence-corrected chi connectivity index (χ4v) is 5.04. The van der Waals surface area contributed by atoms with Gasteiger partial charge in [-0.05, 0) is 49.9 Å². The Bertz CT molecular complexity index is 829. The molecule has 1 saturated heterocycles. The van der Waals surface area contributed by atoms with Gasteiger partial charge in [0.05, 0.1) is 17.4 Å². The van der Waals surface area contributed by atoms with Gasteiger partial charge in [0.2, 0.25) is 0 Å². The van der Waals surface area contributed by atoms with Gasteiger partial charge >= 0.3 is 0 Å². The van der Waals surface area contributed by atoms with Crippen LogP contribution in [0.25, 0.3) is 0 Å². The third kappa shape index (κ3) is 4.67. The molecular weight excluding hydrogens is 368 g/mol. The summed E-state index contributed by atoms with van der Waals surface area (Å²) in [5, 5.41) is 15.9. The summed E-state index contributed by atoms with van der Waals surface area (Å²) >= 11 is 1.91. The molecule has 1 fully saturated rings. The van der Waals surface area contributed by atoms with Crippen molar-refractivity contribution in [3.8, 4) is 0 Å². The number of aliphatic imine (C=N–C) groups is 1. The Morgan fingerprint density at radius 2 is 2.14 bits per heavy atom. The molecule has 28 heavy (non-hydrogen) atoms. The maximum atomic E-state index is 10.7. The maximum Gasteiger partial charge on any atom is 0.102 e. The number of aromatic nitrogens is 2. The molecule has 2 N–H and O–H groups in total. The molecule has 0 spiro atoms. The smallest absolute Gasteiger partial charge is 0.102 e. The van der Waals surface area contributed by atoms with Gasteiger partial charge in [0.1, 0.15) is 5.76 Å². The second-order valence-electron chi connectivity index (χ2n) is 7.70. The largest absolute Gasteiger partial charge is 0.512 e. The second-order valence-corrected chi connectivity index (χ2v) is 9.02. The van der Waals surface area contributed by atoms with Gasteiger partial charge in [-0.25, -0.2) is 9.98 Å². The molecule has 1 aromatic heterocycles. The van der Waals surface area contributed by atoms with Crippen LogP contribution in [-0.4, -0.2) is 39.2 Å². The molecule has 1 aromatic rings. The standard InChI is InChI=1S/C22H28N4OS/c1-16-2-3-17(14-25-22(12-16)28-19-6-8-23-9-7-19)20-5-4-18(13-21(20)27)26-11-10-24-15-26/h3-5,10-12,14-16,18-19,23,27H,2,6-9,13H2,1H3/t16-,18?/m0/s1. The molecule has 3 heterocycles. The van der Waals surface area contributed by atoms with Crippen LogP contribution in [0.2, 0.25) is 0 Å². The van der Waals surface area contributed by atoms with Crippen LogP contribution in [0, 0.1) is 5.92 Å². The molecule has 4 rings (SSSR count). The number of aliphatic hydroxyl groups is 1. The predicted octanol–water partition coefficient (Wildman–Crippen LogP) is 4.56. The molecule has 2 aliphatic heterocycles. The minimum Gasteiger partial charge on any atom is -0.512 e. The molecule has 0 saturated carbocycles. The molecule has 0 radical (unpaired) electrons. The van der Waals surface area contributed by atoms with E-state index in [9.17, 15) is 5.11 Å². The summed E-state index contributed by atoms with van der Waals surface area (Å²) in [6, 6.07) is 0.113. The summed E-state index contributed by atoms with van der Waals surface area (Å²) in [5.41, 5.74) is 1.90. The van der Waals surface area contributed by atoms with Crippen LogP contribution in [0.4, 0.5) is 0 Å². The zero-order valence-electron chi connectivity index (χ0n) is 16.3. The molecule has 1 unspecified atom stereocenters. The Balaban J connectivity index is 1.49. The topological polar surface area (TPSA) is 62.4 Å². The van der Waals surface area contributed by atoms with Crippen LogP contribution in [-0.2, 0) is 0 Å². The number of piperidine rings is 1. The predicted molar refractivity (Wildman–Crippen MR) is 117 cm³/mol. The van der Waals surface area contributed by atoms with Crippen molar-refractivity contribution in [2.45, 2.75) is 43.9 Å². The number of nitrogens with zero attached hydrogens (tertiary/aromatic N) is 3. The third-order valence-electron chi connectivity index (χ3n) is 5.46. The van der Waals surface area contributed by atoms with E-state index in [1.165, 1.54) is 12.8 Å². The number of nitrogens with one attached hydrogen (secondary N) is 1. The van der Waals surface area contributed by atoms with Crippen LogP contribution in [0.1, 0.15) is 38.6 Å². The number of thioether (sulfide) groups is 1. The molecule has 148 valence electrons. The summed E-state index contributed by atoms with van der Waals surface area (Å²) in [5.74, 6) is 0.856. The van der Waals surface area contributed by atoms with Gasteiger partial charge in [0.25, 0.3) is 0 Å². The maximum absolute atomic E-state index is 10.7. The van der Waals surface area contributed by atoms with Gasteiger partial charge in [-0.15, -0.1) is 11.8 Å². The first kappa shape index (κ1) is 19.3. The quantitative estimate of drug-likeness (QED) is 0.783. The van der Waals surface area contributed by atoms with Crippen LogP contribution in [0.15, 0.2) is 70.0 Å². The van der Waals surface area contributed by atoms with E-state index in [-0.39, 0.29) is 6.04 Å². The van der Waals surface area contributed by atoms with E-state index in [2.05, 4.69) is 35.5 Å². The van der Waals surface area contributed by atoms with Crippen molar-refractivity contribution in [1.29, 1.82) is 0 Å². The summed E-state index contributed by atoms with van der Waals surface area (Å²) in [4.78, 5) is 8.91. The number of hydrogen-bond donors (Lipinski definition) is 2. The summed E-state index contributed by atoms with van der Waals surface area (Å²) in [7, 11) is 0. The number of hydrogen-bond acceptors (Lipinski definition) is 5. The van der Waals surface area contributed by atoms with E-state index in [0.717, 1.165) is 35.7 Å². The highest BCUT2D eigenvalue weighted by Gasteiger charge is 2.20. The average Bonchev–Trinajstić information content (AvgIpc) is 3.22. The molecule has 2 atom stereocenters. The van der Waals surface area contributed by atoms with Crippen molar-refractivity contribution in [1.82, 2.24) is 14.9 Å². The highest BCUT2D eigenvalue weighted by Crippen LogP contribution is 2.33. The second kappa shape index (κ2) is 8.97. The van der Waals surface area contributed by atoms with E-state index < -0.39 is 0 Å². The Labute approximate surface area is 171 Å². The Morgan fingerprint density at radius 1 is 1.29 bits per heavy atom. The molecular formula is C22H28N4OS. The molecule has 1 aliphatic carbocycles. The van der Waals surface area contributed by atoms with Crippen molar-refractivity contribution in [3.05, 3.63) is 65.0 Å². The molecule has 0 amide bonds. The lowest BCUT2D eigenvalue weighted by atomic mass is 9.93. The van der Waals surface area contributed by atoms with Gasteiger partial charge in [-0.2, -0.15) is 0 Å². The normalized spacial score (nSPS) is 26.6. The van der Waals surface area contributed by atoms with E-state index in [1.807, 2.05) is 34.8 Å². The van der Waals surface area contributed by atoms with Crippen LogP contribution in [0.3, 0.4) is 0 Å². The van der Waals surface area contributed by atoms with E-state index in [1.54, 1.807) is 12.5 Å². The SMILES string of the molecule is C[C@@H]1C=C(SC2CCNCC2)N=CC(C2=C(O)CC(n3ccnc3)C=C2)=CC1. The van der Waals surface area contributed by atoms with Gasteiger partial charge < -0.3 is 15.0 Å². The Morgan fingerprint density at radius 3 is 2.89 bits per heavy atom. The fourth-order valence-electron chi connectivity index (χ4n) is 3.80. The van der Waals surface area contributed by atoms with Crippen molar-refractivity contribution >= 4 is 18.0 Å². The van der Waals surface area contributed by atoms with Gasteiger partial charge in [-0.1, -0.05) is 25.2 Å². The summed E-state index contributed by atoms with van der Waals surface area (Å²) in [6.45, 7) is 4.43. The highest BCUT2D eigenvalue weighted by atomic mass is 32.2. The average molecular weight is 397 g/mol. The fraction of sp³-hybridized carbons (Fsp3) is 0.455. The lowest BCUT2D eigenvalue weighted by molar-refractivity contribution is 0.358. The van der Waals surface area contributed by atoms with Gasteiger partial charge in [-0.3, -0.25) is 0 Å². The zero-order valence-corrected chi connectivity index (χ0v) is 17.1. The van der Waals surface area contributed by atoms with E-state index in [0.29, 0.717) is 23.3 Å². The number of allylic oxidation sites excluding steroid dienone is 7. The van der Waals surface area contributed by atoms with E-state index in [4.69, 9.17) is 4.99 Å². The lowest BCUT2D eigenvalue weighted by Gasteiger charge is -2.23. The highest BCUT2D eigenvalue weighted by molar-refractivity contribution is 8.03. The first-order valence-electron chi connectivity index (χ1n) is 10.1.